The number of rotatable bonds is 4. The summed E-state index contributed by atoms with van der Waals surface area (Å²) in [6.07, 6.45) is 0. The first-order valence-corrected chi connectivity index (χ1v) is 26.6. The van der Waals surface area contributed by atoms with Gasteiger partial charge in [-0.2, -0.15) is 0 Å². The molecule has 0 radical (unpaired) electrons. The van der Waals surface area contributed by atoms with Crippen LogP contribution in [0.5, 0.6) is 11.5 Å². The molecular weight excluding hydrogens is 908 g/mol. The maximum atomic E-state index is 7.62. The molecule has 0 N–H and O–H groups in total. The molecule has 0 amide bonds. The highest BCUT2D eigenvalue weighted by atomic mass is 16.5. The quantitative estimate of drug-likeness (QED) is 0.164. The molecule has 11 aromatic rings. The first-order valence-electron chi connectivity index (χ1n) is 26.6. The van der Waals surface area contributed by atoms with Crippen molar-refractivity contribution in [3.63, 3.8) is 0 Å². The molecule has 15 rings (SSSR count). The Hall–Kier alpha value is -8.47. The number of hydrogen-bond acceptors (Lipinski definition) is 3. The van der Waals surface area contributed by atoms with E-state index in [1.807, 2.05) is 0 Å². The highest BCUT2D eigenvalue weighted by Gasteiger charge is 2.48. The van der Waals surface area contributed by atoms with Gasteiger partial charge >= 0.3 is 0 Å². The molecule has 10 aromatic carbocycles. The van der Waals surface area contributed by atoms with Crippen LogP contribution >= 0.6 is 0 Å². The molecule has 4 aliphatic heterocycles. The smallest absolute Gasteiger partial charge is 0.256 e. The maximum Gasteiger partial charge on any atom is 0.256 e. The van der Waals surface area contributed by atoms with Gasteiger partial charge < -0.3 is 19.1 Å². The van der Waals surface area contributed by atoms with Crippen LogP contribution < -0.4 is 47.3 Å². The fraction of sp³-hybridized carbons (Fsp3) is 0.130. The Balaban J connectivity index is 1.06. The number of fused-ring (bicyclic) bond motifs is 11. The molecule has 4 aliphatic rings. The van der Waals surface area contributed by atoms with Crippen LogP contribution in [0.25, 0.3) is 49.7 Å². The number of benzene rings is 10. The third-order valence-electron chi connectivity index (χ3n) is 17.1. The van der Waals surface area contributed by atoms with Crippen molar-refractivity contribution in [3.8, 4) is 39.4 Å². The maximum absolute atomic E-state index is 7.62. The zero-order valence-corrected chi connectivity index (χ0v) is 44.1. The van der Waals surface area contributed by atoms with Crippen LogP contribution in [0.15, 0.2) is 170 Å². The van der Waals surface area contributed by atoms with E-state index in [0.717, 1.165) is 39.8 Å². The summed E-state index contributed by atoms with van der Waals surface area (Å²) >= 11 is 0. The number of hydrogen-bond donors (Lipinski definition) is 0. The summed E-state index contributed by atoms with van der Waals surface area (Å²) < 4.78 is 10.2. The van der Waals surface area contributed by atoms with Crippen molar-refractivity contribution in [2.24, 2.45) is 0 Å². The van der Waals surface area contributed by atoms with Crippen molar-refractivity contribution < 1.29 is 4.74 Å². The van der Waals surface area contributed by atoms with Gasteiger partial charge in [0, 0.05) is 62.2 Å². The Labute approximate surface area is 440 Å². The fourth-order valence-corrected chi connectivity index (χ4v) is 13.8. The van der Waals surface area contributed by atoms with E-state index in [4.69, 9.17) is 4.74 Å². The zero-order valence-electron chi connectivity index (χ0n) is 44.1. The molecule has 0 aliphatic carbocycles. The van der Waals surface area contributed by atoms with E-state index in [-0.39, 0.29) is 13.4 Å². The van der Waals surface area contributed by atoms with Crippen LogP contribution in [-0.4, -0.2) is 18.0 Å². The van der Waals surface area contributed by atoms with Crippen molar-refractivity contribution >= 4 is 102 Å². The Morgan fingerprint density at radius 3 is 1.59 bits per heavy atom. The van der Waals surface area contributed by atoms with Crippen molar-refractivity contribution in [2.45, 2.75) is 62.3 Å². The molecule has 0 atom stereocenters. The highest BCUT2D eigenvalue weighted by molar-refractivity contribution is 7.02. The number of anilines is 6. The second-order valence-electron chi connectivity index (χ2n) is 22.3. The Kier molecular flexibility index (Phi) is 9.26. The molecule has 6 heteroatoms. The zero-order chi connectivity index (χ0) is 50.9. The lowest BCUT2D eigenvalue weighted by atomic mass is 9.30. The molecule has 358 valence electrons. The highest BCUT2D eigenvalue weighted by Crippen LogP contribution is 2.48. The lowest BCUT2D eigenvalue weighted by Crippen LogP contribution is -2.64. The molecule has 4 nitrogen and oxygen atoms in total. The van der Waals surface area contributed by atoms with Gasteiger partial charge in [0.05, 0.1) is 5.52 Å². The largest absolute Gasteiger partial charge is 0.458 e. The lowest BCUT2D eigenvalue weighted by Gasteiger charge is -2.44. The van der Waals surface area contributed by atoms with Gasteiger partial charge in [0.2, 0.25) is 0 Å². The van der Waals surface area contributed by atoms with E-state index in [0.29, 0.717) is 0 Å². The van der Waals surface area contributed by atoms with Gasteiger partial charge in [0.15, 0.2) is 0 Å². The number of aryl methyl sites for hydroxylation is 9. The summed E-state index contributed by atoms with van der Waals surface area (Å²) in [6, 6.07) is 65.4. The van der Waals surface area contributed by atoms with Crippen molar-refractivity contribution in [1.29, 1.82) is 0 Å². The van der Waals surface area contributed by atoms with Gasteiger partial charge in [0.25, 0.3) is 13.4 Å². The van der Waals surface area contributed by atoms with E-state index in [1.165, 1.54) is 138 Å². The summed E-state index contributed by atoms with van der Waals surface area (Å²) in [5.74, 6) is 1.80. The number of aromatic nitrogens is 1. The van der Waals surface area contributed by atoms with Crippen molar-refractivity contribution in [3.05, 3.63) is 220 Å². The van der Waals surface area contributed by atoms with E-state index in [2.05, 4.69) is 247 Å². The Bertz CT molecular complexity index is 4340. The first-order chi connectivity index (χ1) is 36.4. The number of ether oxygens (including phenoxy) is 1. The first kappa shape index (κ1) is 44.1. The summed E-state index contributed by atoms with van der Waals surface area (Å²) in [5, 5.41) is 2.60. The predicted molar refractivity (Wildman–Crippen MR) is 319 cm³/mol. The molecule has 0 spiro atoms. The van der Waals surface area contributed by atoms with Crippen LogP contribution in [0.1, 0.15) is 50.1 Å². The van der Waals surface area contributed by atoms with Crippen LogP contribution in [-0.2, 0) is 0 Å². The average Bonchev–Trinajstić information content (AvgIpc) is 3.72. The third kappa shape index (κ3) is 6.32. The number of nitrogens with zero attached hydrogens (tertiary/aromatic N) is 3. The molecule has 1 aromatic heterocycles. The third-order valence-corrected chi connectivity index (χ3v) is 17.1. The second kappa shape index (κ2) is 15.8. The van der Waals surface area contributed by atoms with Crippen LogP contribution in [0, 0.1) is 62.3 Å². The van der Waals surface area contributed by atoms with Crippen LogP contribution in [0.3, 0.4) is 0 Å². The summed E-state index contributed by atoms with van der Waals surface area (Å²) in [4.78, 5) is 5.05. The van der Waals surface area contributed by atoms with E-state index in [9.17, 15) is 0 Å². The van der Waals surface area contributed by atoms with E-state index < -0.39 is 0 Å². The molecule has 5 heterocycles. The Morgan fingerprint density at radius 1 is 0.347 bits per heavy atom. The minimum absolute atomic E-state index is 0.0674. The standard InChI is InChI=1S/C69H55B2N3O/c1-38-13-20-49(21-14-38)72-59-12-10-11-44(7)66(59)71-56-36-55-60(37-64(56)75-65-35-48(34-63(72)68(65)71)52-25-18-41(4)28-46(52)9)73(50-22-15-39(2)16-23-50)61-32-47(51-24-17-40(3)27-45(51)8)33-62-67(61)70(55)57-31-43(6)30-54-53-29-42(5)19-26-58(53)74(62)69(54)57/h10-37H,1-9H3. The normalized spacial score (nSPS) is 13.4. The SMILES string of the molecule is Cc1ccc(N2c3cccc(C)c3B3c4cc5c(cc4Oc4cc(-c6ccc(C)cc6C)cc2c43)N(c2ccc(C)cc2)c2cc(-c3ccc(C)cc3C)cc3c2B5c2cc(C)cc4c5cc(C)ccc5n-3c24)cc1. The fourth-order valence-electron chi connectivity index (χ4n) is 13.8. The van der Waals surface area contributed by atoms with Gasteiger partial charge in [-0.15, -0.1) is 0 Å². The summed E-state index contributed by atoms with van der Waals surface area (Å²) in [7, 11) is 0. The topological polar surface area (TPSA) is 20.6 Å². The Morgan fingerprint density at radius 2 is 0.920 bits per heavy atom. The minimum Gasteiger partial charge on any atom is -0.458 e. The molecule has 0 saturated carbocycles. The van der Waals surface area contributed by atoms with Gasteiger partial charge in [-0.3, -0.25) is 0 Å². The van der Waals surface area contributed by atoms with Crippen LogP contribution in [0.2, 0.25) is 0 Å². The monoisotopic (exact) mass is 963 g/mol. The van der Waals surface area contributed by atoms with Crippen molar-refractivity contribution in [2.75, 3.05) is 9.80 Å². The van der Waals surface area contributed by atoms with Gasteiger partial charge in [-0.05, 0) is 201 Å². The van der Waals surface area contributed by atoms with Crippen LogP contribution in [0.4, 0.5) is 34.1 Å². The molecular formula is C69H55B2N3O. The second-order valence-corrected chi connectivity index (χ2v) is 22.3. The summed E-state index contributed by atoms with van der Waals surface area (Å²) in [5.41, 5.74) is 34.5. The van der Waals surface area contributed by atoms with Gasteiger partial charge in [-0.25, -0.2) is 0 Å². The molecule has 0 unspecified atom stereocenters. The predicted octanol–water partition coefficient (Wildman–Crippen LogP) is 13.9. The molecule has 75 heavy (non-hydrogen) atoms. The molecule has 0 saturated heterocycles. The van der Waals surface area contributed by atoms with Gasteiger partial charge in [0.1, 0.15) is 11.5 Å². The molecule has 0 fully saturated rings. The van der Waals surface area contributed by atoms with Crippen molar-refractivity contribution in [1.82, 2.24) is 4.57 Å². The molecule has 0 bridgehead atoms. The van der Waals surface area contributed by atoms with E-state index >= 15 is 0 Å². The minimum atomic E-state index is -0.0914. The average molecular weight is 964 g/mol. The summed E-state index contributed by atoms with van der Waals surface area (Å²) in [6.45, 7) is 19.9. The van der Waals surface area contributed by atoms with E-state index in [1.54, 1.807) is 0 Å². The van der Waals surface area contributed by atoms with Gasteiger partial charge in [-0.1, -0.05) is 130 Å². The lowest BCUT2D eigenvalue weighted by molar-refractivity contribution is 0.488.